The first-order valence-electron chi connectivity index (χ1n) is 7.63. The van der Waals surface area contributed by atoms with Gasteiger partial charge in [0.25, 0.3) is 0 Å². The molecule has 1 saturated heterocycles. The van der Waals surface area contributed by atoms with Gasteiger partial charge < -0.3 is 20.3 Å². The Morgan fingerprint density at radius 3 is 2.87 bits per heavy atom. The van der Waals surface area contributed by atoms with Crippen LogP contribution in [-0.2, 0) is 14.8 Å². The van der Waals surface area contributed by atoms with E-state index in [2.05, 4.69) is 4.72 Å². The Morgan fingerprint density at radius 1 is 1.43 bits per heavy atom. The third-order valence-corrected chi connectivity index (χ3v) is 5.43. The largest absolute Gasteiger partial charge is 0.497 e. The second kappa shape index (κ2) is 8.07. The average molecular weight is 344 g/mol. The molecule has 4 N–H and O–H groups in total. The van der Waals surface area contributed by atoms with E-state index in [1.54, 1.807) is 12.1 Å². The number of sulfonamides is 1. The Morgan fingerprint density at radius 2 is 2.22 bits per heavy atom. The molecule has 0 aromatic heterocycles. The topological polar surface area (TPSA) is 111 Å². The lowest BCUT2D eigenvalue weighted by atomic mass is 9.98. The van der Waals surface area contributed by atoms with E-state index < -0.39 is 22.2 Å². The Hall–Kier alpha value is -1.19. The van der Waals surface area contributed by atoms with E-state index >= 15 is 0 Å². The molecular weight excluding hydrogens is 320 g/mol. The highest BCUT2D eigenvalue weighted by molar-refractivity contribution is 7.89. The summed E-state index contributed by atoms with van der Waals surface area (Å²) >= 11 is 0. The van der Waals surface area contributed by atoms with Crippen LogP contribution in [0.4, 0.5) is 0 Å². The number of rotatable bonds is 7. The molecule has 1 aliphatic heterocycles. The van der Waals surface area contributed by atoms with Crippen molar-refractivity contribution < 1.29 is 23.0 Å². The summed E-state index contributed by atoms with van der Waals surface area (Å²) < 4.78 is 38.4. The van der Waals surface area contributed by atoms with E-state index in [1.165, 1.54) is 19.2 Å². The van der Waals surface area contributed by atoms with E-state index in [0.29, 0.717) is 31.6 Å². The molecule has 0 unspecified atom stereocenters. The zero-order valence-corrected chi connectivity index (χ0v) is 14.0. The van der Waals surface area contributed by atoms with Gasteiger partial charge >= 0.3 is 0 Å². The van der Waals surface area contributed by atoms with Crippen LogP contribution >= 0.6 is 0 Å². The van der Waals surface area contributed by atoms with Crippen molar-refractivity contribution in [1.82, 2.24) is 4.72 Å². The van der Waals surface area contributed by atoms with Gasteiger partial charge in [-0.25, -0.2) is 13.1 Å². The van der Waals surface area contributed by atoms with E-state index in [0.717, 1.165) is 0 Å². The van der Waals surface area contributed by atoms with E-state index in [1.807, 2.05) is 0 Å². The number of hydrogen-bond donors (Lipinski definition) is 3. The van der Waals surface area contributed by atoms with Crippen molar-refractivity contribution in [3.63, 3.8) is 0 Å². The lowest BCUT2D eigenvalue weighted by Gasteiger charge is -2.35. The summed E-state index contributed by atoms with van der Waals surface area (Å²) in [6, 6.07) is 5.78. The van der Waals surface area contributed by atoms with Crippen molar-refractivity contribution in [1.29, 1.82) is 0 Å². The first kappa shape index (κ1) is 18.2. The molecule has 2 rings (SSSR count). The van der Waals surface area contributed by atoms with Crippen LogP contribution in [0.25, 0.3) is 0 Å². The number of ether oxygens (including phenoxy) is 2. The zero-order valence-electron chi connectivity index (χ0n) is 13.1. The highest BCUT2D eigenvalue weighted by atomic mass is 32.2. The van der Waals surface area contributed by atoms with Crippen LogP contribution in [0, 0.1) is 0 Å². The minimum atomic E-state index is -3.71. The van der Waals surface area contributed by atoms with Crippen molar-refractivity contribution >= 4 is 10.0 Å². The lowest BCUT2D eigenvalue weighted by molar-refractivity contribution is -0.0867. The van der Waals surface area contributed by atoms with Crippen molar-refractivity contribution in [3.05, 3.63) is 24.3 Å². The van der Waals surface area contributed by atoms with E-state index in [-0.39, 0.29) is 17.6 Å². The van der Waals surface area contributed by atoms with Gasteiger partial charge in [0.15, 0.2) is 0 Å². The van der Waals surface area contributed by atoms with Crippen LogP contribution in [0.5, 0.6) is 5.75 Å². The van der Waals surface area contributed by atoms with Crippen LogP contribution in [-0.4, -0.2) is 52.0 Å². The van der Waals surface area contributed by atoms with Crippen LogP contribution < -0.4 is 15.2 Å². The molecule has 8 heteroatoms. The predicted octanol–water partition coefficient (Wildman–Crippen LogP) is 0.231. The van der Waals surface area contributed by atoms with Crippen LogP contribution in [0.3, 0.4) is 0 Å². The van der Waals surface area contributed by atoms with Crippen molar-refractivity contribution in [2.45, 2.75) is 42.4 Å². The number of benzene rings is 1. The SMILES string of the molecule is COc1cccc(S(=O)(=O)N[C@@H]2CC[C@H](CCN)O[C@@H]2CO)c1. The fourth-order valence-corrected chi connectivity index (χ4v) is 4.03. The Kier molecular flexibility index (Phi) is 6.37. The standard InChI is InChI=1S/C15H24N2O5S/c1-21-12-3-2-4-13(9-12)23(19,20)17-14-6-5-11(7-8-16)22-15(14)10-18/h2-4,9,11,14-15,17-18H,5-8,10,16H2,1H3/t11-,14-,15-/m1/s1. The highest BCUT2D eigenvalue weighted by Crippen LogP contribution is 2.24. The van der Waals surface area contributed by atoms with E-state index in [4.69, 9.17) is 15.2 Å². The summed E-state index contributed by atoms with van der Waals surface area (Å²) in [4.78, 5) is 0.123. The molecule has 1 aromatic carbocycles. The van der Waals surface area contributed by atoms with Gasteiger partial charge in [0.2, 0.25) is 10.0 Å². The smallest absolute Gasteiger partial charge is 0.241 e. The fraction of sp³-hybridized carbons (Fsp3) is 0.600. The predicted molar refractivity (Wildman–Crippen MR) is 85.8 cm³/mol. The summed E-state index contributed by atoms with van der Waals surface area (Å²) in [7, 11) is -2.23. The van der Waals surface area contributed by atoms with Gasteiger partial charge in [0.1, 0.15) is 5.75 Å². The first-order valence-corrected chi connectivity index (χ1v) is 9.11. The second-order valence-corrected chi connectivity index (χ2v) is 7.25. The fourth-order valence-electron chi connectivity index (χ4n) is 2.70. The van der Waals surface area contributed by atoms with Gasteiger partial charge in [-0.3, -0.25) is 0 Å². The summed E-state index contributed by atoms with van der Waals surface area (Å²) in [5.41, 5.74) is 5.52. The van der Waals surface area contributed by atoms with Gasteiger partial charge in [-0.2, -0.15) is 0 Å². The van der Waals surface area contributed by atoms with Gasteiger partial charge in [0, 0.05) is 6.07 Å². The molecule has 0 amide bonds. The van der Waals surface area contributed by atoms with Crippen LogP contribution in [0.1, 0.15) is 19.3 Å². The number of aliphatic hydroxyl groups is 1. The second-order valence-electron chi connectivity index (χ2n) is 5.54. The van der Waals surface area contributed by atoms with E-state index in [9.17, 15) is 13.5 Å². The lowest BCUT2D eigenvalue weighted by Crippen LogP contribution is -2.51. The summed E-state index contributed by atoms with van der Waals surface area (Å²) in [5, 5.41) is 9.49. The maximum absolute atomic E-state index is 12.5. The minimum Gasteiger partial charge on any atom is -0.497 e. The van der Waals surface area contributed by atoms with Gasteiger partial charge in [0.05, 0.1) is 36.9 Å². The Labute approximate surface area is 136 Å². The Balaban J connectivity index is 2.10. The monoisotopic (exact) mass is 344 g/mol. The molecule has 0 bridgehead atoms. The number of hydrogen-bond acceptors (Lipinski definition) is 6. The third kappa shape index (κ3) is 4.65. The molecule has 130 valence electrons. The number of nitrogens with one attached hydrogen (secondary N) is 1. The maximum atomic E-state index is 12.5. The average Bonchev–Trinajstić information content (AvgIpc) is 2.56. The molecule has 23 heavy (non-hydrogen) atoms. The van der Waals surface area contributed by atoms with Crippen molar-refractivity contribution in [3.8, 4) is 5.75 Å². The van der Waals surface area contributed by atoms with Crippen molar-refractivity contribution in [2.75, 3.05) is 20.3 Å². The summed E-state index contributed by atoms with van der Waals surface area (Å²) in [6.07, 6.45) is 1.40. The van der Waals surface area contributed by atoms with Crippen LogP contribution in [0.15, 0.2) is 29.2 Å². The molecule has 1 aliphatic rings. The van der Waals surface area contributed by atoms with Crippen LogP contribution in [0.2, 0.25) is 0 Å². The molecular formula is C15H24N2O5S. The zero-order chi connectivity index (χ0) is 16.9. The van der Waals surface area contributed by atoms with Gasteiger partial charge in [-0.1, -0.05) is 6.07 Å². The molecule has 1 heterocycles. The molecule has 3 atom stereocenters. The Bertz CT molecular complexity index is 608. The summed E-state index contributed by atoms with van der Waals surface area (Å²) in [5.74, 6) is 0.467. The quantitative estimate of drug-likeness (QED) is 0.653. The first-order chi connectivity index (χ1) is 11.0. The van der Waals surface area contributed by atoms with Crippen molar-refractivity contribution in [2.24, 2.45) is 5.73 Å². The highest BCUT2D eigenvalue weighted by Gasteiger charge is 2.33. The minimum absolute atomic E-state index is 0.0327. The molecule has 1 aromatic rings. The molecule has 0 radical (unpaired) electrons. The third-order valence-electron chi connectivity index (χ3n) is 3.94. The normalized spacial score (nSPS) is 25.3. The molecule has 0 saturated carbocycles. The maximum Gasteiger partial charge on any atom is 0.241 e. The number of nitrogens with two attached hydrogens (primary N) is 1. The summed E-state index contributed by atoms with van der Waals surface area (Å²) in [6.45, 7) is 0.259. The molecule has 1 fully saturated rings. The van der Waals surface area contributed by atoms with Gasteiger partial charge in [-0.05, 0) is 37.9 Å². The molecule has 0 aliphatic carbocycles. The number of methoxy groups -OCH3 is 1. The molecule has 0 spiro atoms. The van der Waals surface area contributed by atoms with Gasteiger partial charge in [-0.15, -0.1) is 0 Å². The number of aliphatic hydroxyl groups excluding tert-OH is 1. The molecule has 7 nitrogen and oxygen atoms in total.